The van der Waals surface area contributed by atoms with Crippen LogP contribution in [0.4, 0.5) is 0 Å². The molecule has 1 aromatic rings. The molecule has 0 spiro atoms. The predicted octanol–water partition coefficient (Wildman–Crippen LogP) is 2.72. The van der Waals surface area contributed by atoms with Crippen molar-refractivity contribution in [1.29, 1.82) is 5.26 Å². The first-order chi connectivity index (χ1) is 6.61. The van der Waals surface area contributed by atoms with Gasteiger partial charge in [0.25, 0.3) is 0 Å². The minimum absolute atomic E-state index is 0.671. The molecule has 0 saturated heterocycles. The molecule has 0 saturated carbocycles. The van der Waals surface area contributed by atoms with E-state index in [9.17, 15) is 0 Å². The van der Waals surface area contributed by atoms with Gasteiger partial charge in [-0.05, 0) is 0 Å². The van der Waals surface area contributed by atoms with Crippen molar-refractivity contribution in [2.75, 3.05) is 0 Å². The van der Waals surface area contributed by atoms with Crippen LogP contribution in [0.25, 0.3) is 0 Å². The number of nitriles is 1. The van der Waals surface area contributed by atoms with E-state index < -0.39 is 0 Å². The van der Waals surface area contributed by atoms with E-state index in [-0.39, 0.29) is 0 Å². The fraction of sp³-hybridized carbons (Fsp3) is 0.300. The molecule has 1 nitrogen and oxygen atoms in total. The van der Waals surface area contributed by atoms with E-state index in [2.05, 4.69) is 45.8 Å². The molecule has 0 heterocycles. The molecule has 0 bridgehead atoms. The summed E-state index contributed by atoms with van der Waals surface area (Å²) in [6.45, 7) is 2.09. The molecule has 14 heavy (non-hydrogen) atoms. The molecule has 1 aromatic carbocycles. The second-order valence-electron chi connectivity index (χ2n) is 2.92. The van der Waals surface area contributed by atoms with E-state index in [1.54, 1.807) is 0 Å². The summed E-state index contributed by atoms with van der Waals surface area (Å²) < 4.78 is 1.67. The zero-order valence-electron chi connectivity index (χ0n) is 7.64. The Morgan fingerprint density at radius 1 is 1.64 bits per heavy atom. The second-order valence-corrected chi connectivity index (χ2v) is 5.03. The standard InChI is InChI=1S/C10H8AsBrClN/c1-2-3-6-4-7(5-14)8(11)9(12)10(6)13/h4H,2-3H2,1H3. The normalized spacial score (nSPS) is 9.93. The van der Waals surface area contributed by atoms with Gasteiger partial charge < -0.3 is 0 Å². The van der Waals surface area contributed by atoms with Crippen LogP contribution in [0, 0.1) is 11.3 Å². The van der Waals surface area contributed by atoms with Gasteiger partial charge >= 0.3 is 107 Å². The van der Waals surface area contributed by atoms with Gasteiger partial charge in [0.2, 0.25) is 0 Å². The summed E-state index contributed by atoms with van der Waals surface area (Å²) in [5.74, 6) is 0. The number of hydrogen-bond acceptors (Lipinski definition) is 1. The molecule has 0 aliphatic carbocycles. The van der Waals surface area contributed by atoms with Crippen molar-refractivity contribution in [2.45, 2.75) is 19.8 Å². The molecule has 0 aliphatic rings. The summed E-state index contributed by atoms with van der Waals surface area (Å²) in [5, 5.41) is 9.63. The summed E-state index contributed by atoms with van der Waals surface area (Å²) in [6.07, 6.45) is 1.92. The van der Waals surface area contributed by atoms with E-state index in [1.165, 1.54) is 0 Å². The van der Waals surface area contributed by atoms with Gasteiger partial charge in [0, 0.05) is 0 Å². The van der Waals surface area contributed by atoms with E-state index in [0.29, 0.717) is 5.56 Å². The Morgan fingerprint density at radius 2 is 2.29 bits per heavy atom. The number of halogens is 2. The SMILES string of the molecule is CCCc1cc(C#N)c([As])c(Br)c1Cl. The third-order valence-corrected chi connectivity index (χ3v) is 4.99. The van der Waals surface area contributed by atoms with Gasteiger partial charge in [0.15, 0.2) is 0 Å². The number of nitrogens with zero attached hydrogens (tertiary/aromatic N) is 1. The van der Waals surface area contributed by atoms with Gasteiger partial charge in [0.1, 0.15) is 0 Å². The van der Waals surface area contributed by atoms with Gasteiger partial charge in [-0.25, -0.2) is 0 Å². The quantitative estimate of drug-likeness (QED) is 0.764. The van der Waals surface area contributed by atoms with Crippen LogP contribution < -0.4 is 4.35 Å². The zero-order chi connectivity index (χ0) is 10.7. The molecule has 0 unspecified atom stereocenters. The predicted molar refractivity (Wildman–Crippen MR) is 63.3 cm³/mol. The molecule has 0 amide bonds. The Labute approximate surface area is 106 Å². The summed E-state index contributed by atoms with van der Waals surface area (Å²) >= 11 is 11.9. The zero-order valence-corrected chi connectivity index (χ0v) is 11.9. The van der Waals surface area contributed by atoms with Crippen LogP contribution >= 0.6 is 27.5 Å². The van der Waals surface area contributed by atoms with E-state index in [1.807, 2.05) is 6.07 Å². The Kier molecular flexibility index (Phi) is 4.51. The maximum absolute atomic E-state index is 8.90. The number of rotatable bonds is 2. The van der Waals surface area contributed by atoms with Crippen LogP contribution in [0.1, 0.15) is 24.5 Å². The van der Waals surface area contributed by atoms with Crippen molar-refractivity contribution in [3.8, 4) is 6.07 Å². The molecule has 2 radical (unpaired) electrons. The van der Waals surface area contributed by atoms with Gasteiger partial charge in [-0.15, -0.1) is 0 Å². The average Bonchev–Trinajstić information content (AvgIpc) is 2.19. The molecular weight excluding hydrogens is 324 g/mol. The molecule has 0 atom stereocenters. The van der Waals surface area contributed by atoms with Crippen molar-refractivity contribution in [3.63, 3.8) is 0 Å². The molecule has 0 aliphatic heterocycles. The molecule has 0 fully saturated rings. The van der Waals surface area contributed by atoms with Crippen molar-refractivity contribution in [1.82, 2.24) is 0 Å². The maximum atomic E-state index is 8.90. The van der Waals surface area contributed by atoms with Gasteiger partial charge in [-0.3, -0.25) is 0 Å². The molecule has 0 N–H and O–H groups in total. The number of aryl methyl sites for hydroxylation is 1. The van der Waals surface area contributed by atoms with Crippen LogP contribution in [-0.2, 0) is 6.42 Å². The Hall–Kier alpha value is 0.0384. The molecule has 4 heteroatoms. The van der Waals surface area contributed by atoms with Crippen LogP contribution in [-0.4, -0.2) is 16.9 Å². The van der Waals surface area contributed by atoms with Gasteiger partial charge in [-0.1, -0.05) is 0 Å². The summed E-state index contributed by atoms with van der Waals surface area (Å²) in [4.78, 5) is 0. The minimum atomic E-state index is 0.671. The number of hydrogen-bond donors (Lipinski definition) is 0. The van der Waals surface area contributed by atoms with Crippen LogP contribution in [0.3, 0.4) is 0 Å². The topological polar surface area (TPSA) is 23.8 Å². The summed E-state index contributed by atoms with van der Waals surface area (Å²) in [5.41, 5.74) is 1.71. The Balaban J connectivity index is 3.34. The average molecular weight is 332 g/mol. The number of benzene rings is 1. The molecule has 72 valence electrons. The molecule has 1 rings (SSSR count). The Morgan fingerprint density at radius 3 is 2.79 bits per heavy atom. The fourth-order valence-corrected chi connectivity index (χ4v) is 2.54. The molecular formula is C10H8AsBrClN. The van der Waals surface area contributed by atoms with E-state index in [0.717, 1.165) is 32.3 Å². The third kappa shape index (κ3) is 2.34. The van der Waals surface area contributed by atoms with Crippen LogP contribution in [0.15, 0.2) is 10.5 Å². The monoisotopic (exact) mass is 331 g/mol. The van der Waals surface area contributed by atoms with Gasteiger partial charge in [-0.2, -0.15) is 0 Å². The van der Waals surface area contributed by atoms with Crippen molar-refractivity contribution >= 4 is 48.7 Å². The van der Waals surface area contributed by atoms with Crippen molar-refractivity contribution in [3.05, 3.63) is 26.7 Å². The molecule has 0 aromatic heterocycles. The summed E-state index contributed by atoms with van der Waals surface area (Å²) in [7, 11) is 0. The van der Waals surface area contributed by atoms with E-state index in [4.69, 9.17) is 16.9 Å². The Bertz CT molecular complexity index is 398. The van der Waals surface area contributed by atoms with Crippen molar-refractivity contribution in [2.24, 2.45) is 0 Å². The first kappa shape index (κ1) is 12.1. The van der Waals surface area contributed by atoms with Crippen LogP contribution in [0.2, 0.25) is 5.02 Å². The van der Waals surface area contributed by atoms with Crippen LogP contribution in [0.5, 0.6) is 0 Å². The second kappa shape index (κ2) is 5.21. The van der Waals surface area contributed by atoms with Gasteiger partial charge in [0.05, 0.1) is 0 Å². The van der Waals surface area contributed by atoms with Crippen molar-refractivity contribution < 1.29 is 0 Å². The fourth-order valence-electron chi connectivity index (χ4n) is 1.21. The van der Waals surface area contributed by atoms with E-state index >= 15 is 0 Å². The summed E-state index contributed by atoms with van der Waals surface area (Å²) in [6, 6.07) is 4.02. The first-order valence-electron chi connectivity index (χ1n) is 4.21. The third-order valence-electron chi connectivity index (χ3n) is 1.90. The first-order valence-corrected chi connectivity index (χ1v) is 6.32.